The summed E-state index contributed by atoms with van der Waals surface area (Å²) < 4.78 is 12.1. The lowest BCUT2D eigenvalue weighted by atomic mass is 9.87. The summed E-state index contributed by atoms with van der Waals surface area (Å²) in [5, 5.41) is 0. The molecule has 2 heteroatoms. The molecule has 0 aromatic heterocycles. The second-order valence-corrected chi connectivity index (χ2v) is 5.20. The van der Waals surface area contributed by atoms with Gasteiger partial charge in [0.2, 0.25) is 0 Å². The Morgan fingerprint density at radius 1 is 1.07 bits per heavy atom. The van der Waals surface area contributed by atoms with Crippen LogP contribution in [0.25, 0.3) is 0 Å². The third kappa shape index (κ3) is 2.12. The Morgan fingerprint density at radius 2 is 1.79 bits per heavy atom. The van der Waals surface area contributed by atoms with Crippen LogP contribution in [0.1, 0.15) is 52.9 Å². The van der Waals surface area contributed by atoms with Crippen LogP contribution in [0, 0.1) is 5.92 Å². The van der Waals surface area contributed by atoms with Crippen molar-refractivity contribution in [1.82, 2.24) is 0 Å². The van der Waals surface area contributed by atoms with Crippen LogP contribution in [0.15, 0.2) is 0 Å². The quantitative estimate of drug-likeness (QED) is 0.595. The molecule has 0 radical (unpaired) electrons. The molecule has 0 bridgehead atoms. The highest BCUT2D eigenvalue weighted by Gasteiger charge is 2.42. The van der Waals surface area contributed by atoms with Gasteiger partial charge in [-0.1, -0.05) is 6.92 Å². The first kappa shape index (κ1) is 10.4. The summed E-state index contributed by atoms with van der Waals surface area (Å²) in [5.41, 5.74) is 0. The van der Waals surface area contributed by atoms with Crippen molar-refractivity contribution in [2.75, 3.05) is 0 Å². The van der Waals surface area contributed by atoms with Gasteiger partial charge in [0.25, 0.3) is 0 Å². The van der Waals surface area contributed by atoms with E-state index in [0.717, 1.165) is 18.8 Å². The zero-order chi connectivity index (χ0) is 10.2. The molecule has 2 rings (SSSR count). The summed E-state index contributed by atoms with van der Waals surface area (Å²) >= 11 is 0. The van der Waals surface area contributed by atoms with Gasteiger partial charge in [0.05, 0.1) is 12.2 Å². The zero-order valence-electron chi connectivity index (χ0n) is 9.58. The Morgan fingerprint density at radius 3 is 2.43 bits per heavy atom. The van der Waals surface area contributed by atoms with Crippen LogP contribution in [-0.2, 0) is 9.47 Å². The van der Waals surface area contributed by atoms with Crippen LogP contribution in [-0.4, -0.2) is 18.0 Å². The smallest absolute Gasteiger partial charge is 0.169 e. The number of hydrogen-bond donors (Lipinski definition) is 0. The largest absolute Gasteiger partial charge is 0.347 e. The lowest BCUT2D eigenvalue weighted by Crippen LogP contribution is -2.48. The van der Waals surface area contributed by atoms with Crippen LogP contribution in [0.2, 0.25) is 0 Å². The lowest BCUT2D eigenvalue weighted by Gasteiger charge is -2.46. The first-order chi connectivity index (χ1) is 6.60. The van der Waals surface area contributed by atoms with Gasteiger partial charge in [-0.05, 0) is 39.0 Å². The lowest BCUT2D eigenvalue weighted by molar-refractivity contribution is -0.316. The summed E-state index contributed by atoms with van der Waals surface area (Å²) in [5.74, 6) is 0.512. The SMILES string of the molecule is C[C@@H]1C[C@@H](C)O[C@@]2(CCC[C@@H](C)O2)C1. The van der Waals surface area contributed by atoms with Gasteiger partial charge in [0.1, 0.15) is 0 Å². The molecule has 0 saturated carbocycles. The average molecular weight is 198 g/mol. The minimum absolute atomic E-state index is 0.227. The van der Waals surface area contributed by atoms with Gasteiger partial charge < -0.3 is 9.47 Å². The van der Waals surface area contributed by atoms with Gasteiger partial charge in [0, 0.05) is 12.8 Å². The highest BCUT2D eigenvalue weighted by Crippen LogP contribution is 2.40. The standard InChI is InChI=1S/C12H22O2/c1-9-7-11(3)14-12(8-9)6-4-5-10(2)13-12/h9-11H,4-8H2,1-3H3/t9-,10-,11-,12+/m1/s1. The predicted molar refractivity (Wildman–Crippen MR) is 56.1 cm³/mol. The van der Waals surface area contributed by atoms with Gasteiger partial charge in [0.15, 0.2) is 5.79 Å². The molecule has 2 nitrogen and oxygen atoms in total. The van der Waals surface area contributed by atoms with Crippen molar-refractivity contribution >= 4 is 0 Å². The third-order valence-electron chi connectivity index (χ3n) is 3.39. The summed E-state index contributed by atoms with van der Waals surface area (Å²) in [6.07, 6.45) is 6.53. The van der Waals surface area contributed by atoms with Gasteiger partial charge in [-0.15, -0.1) is 0 Å². The summed E-state index contributed by atoms with van der Waals surface area (Å²) in [6.45, 7) is 6.64. The van der Waals surface area contributed by atoms with E-state index in [9.17, 15) is 0 Å². The van der Waals surface area contributed by atoms with Crippen LogP contribution < -0.4 is 0 Å². The van der Waals surface area contributed by atoms with Gasteiger partial charge in [-0.25, -0.2) is 0 Å². The van der Waals surface area contributed by atoms with E-state index in [0.29, 0.717) is 12.2 Å². The number of rotatable bonds is 0. The van der Waals surface area contributed by atoms with E-state index in [1.54, 1.807) is 0 Å². The Bertz CT molecular complexity index is 187. The third-order valence-corrected chi connectivity index (χ3v) is 3.39. The Labute approximate surface area is 87.0 Å². The monoisotopic (exact) mass is 198 g/mol. The maximum atomic E-state index is 6.03. The molecule has 0 N–H and O–H groups in total. The van der Waals surface area contributed by atoms with E-state index in [2.05, 4.69) is 20.8 Å². The van der Waals surface area contributed by atoms with E-state index >= 15 is 0 Å². The van der Waals surface area contributed by atoms with Crippen LogP contribution in [0.3, 0.4) is 0 Å². The molecular formula is C12H22O2. The summed E-state index contributed by atoms with van der Waals surface area (Å²) in [7, 11) is 0. The molecule has 0 unspecified atom stereocenters. The summed E-state index contributed by atoms with van der Waals surface area (Å²) in [4.78, 5) is 0. The normalized spacial score (nSPS) is 49.5. The molecule has 82 valence electrons. The molecule has 0 aromatic rings. The minimum atomic E-state index is -0.227. The molecule has 2 aliphatic rings. The first-order valence-electron chi connectivity index (χ1n) is 5.95. The summed E-state index contributed by atoms with van der Waals surface area (Å²) in [6, 6.07) is 0. The topological polar surface area (TPSA) is 18.5 Å². The molecule has 0 aromatic carbocycles. The maximum Gasteiger partial charge on any atom is 0.169 e. The first-order valence-corrected chi connectivity index (χ1v) is 5.95. The van der Waals surface area contributed by atoms with Crippen LogP contribution in [0.5, 0.6) is 0 Å². The molecule has 2 aliphatic heterocycles. The number of ether oxygens (including phenoxy) is 2. The van der Waals surface area contributed by atoms with Crippen molar-refractivity contribution in [3.8, 4) is 0 Å². The van der Waals surface area contributed by atoms with Crippen molar-refractivity contribution in [2.45, 2.75) is 70.9 Å². The molecule has 2 heterocycles. The maximum absolute atomic E-state index is 6.03. The van der Waals surface area contributed by atoms with Crippen molar-refractivity contribution in [3.05, 3.63) is 0 Å². The van der Waals surface area contributed by atoms with E-state index in [1.807, 2.05) is 0 Å². The second-order valence-electron chi connectivity index (χ2n) is 5.20. The Balaban J connectivity index is 2.05. The van der Waals surface area contributed by atoms with Crippen molar-refractivity contribution < 1.29 is 9.47 Å². The fraction of sp³-hybridized carbons (Fsp3) is 1.00. The zero-order valence-corrected chi connectivity index (χ0v) is 9.58. The fourth-order valence-electron chi connectivity index (χ4n) is 3.02. The fourth-order valence-corrected chi connectivity index (χ4v) is 3.02. The average Bonchev–Trinajstić information content (AvgIpc) is 1.99. The molecule has 2 saturated heterocycles. The molecule has 0 amide bonds. The molecular weight excluding hydrogens is 176 g/mol. The van der Waals surface area contributed by atoms with E-state index in [4.69, 9.17) is 9.47 Å². The Hall–Kier alpha value is -0.0800. The number of hydrogen-bond acceptors (Lipinski definition) is 2. The van der Waals surface area contributed by atoms with E-state index < -0.39 is 0 Å². The molecule has 1 spiro atoms. The highest BCUT2D eigenvalue weighted by molar-refractivity contribution is 4.84. The minimum Gasteiger partial charge on any atom is -0.347 e. The highest BCUT2D eigenvalue weighted by atomic mass is 16.7. The molecule has 0 aliphatic carbocycles. The van der Waals surface area contributed by atoms with Gasteiger partial charge >= 0.3 is 0 Å². The van der Waals surface area contributed by atoms with Gasteiger partial charge in [-0.2, -0.15) is 0 Å². The van der Waals surface area contributed by atoms with Crippen LogP contribution in [0.4, 0.5) is 0 Å². The molecule has 14 heavy (non-hydrogen) atoms. The van der Waals surface area contributed by atoms with Crippen molar-refractivity contribution in [3.63, 3.8) is 0 Å². The van der Waals surface area contributed by atoms with Gasteiger partial charge in [-0.3, -0.25) is 0 Å². The predicted octanol–water partition coefficient (Wildman–Crippen LogP) is 3.11. The Kier molecular flexibility index (Phi) is 2.85. The second kappa shape index (κ2) is 3.82. The van der Waals surface area contributed by atoms with E-state index in [1.165, 1.54) is 19.3 Å². The van der Waals surface area contributed by atoms with Crippen molar-refractivity contribution in [1.29, 1.82) is 0 Å². The van der Waals surface area contributed by atoms with Crippen LogP contribution >= 0.6 is 0 Å². The molecule has 4 atom stereocenters. The van der Waals surface area contributed by atoms with E-state index in [-0.39, 0.29) is 5.79 Å². The molecule has 2 fully saturated rings. The van der Waals surface area contributed by atoms with Crippen molar-refractivity contribution in [2.24, 2.45) is 5.92 Å².